The summed E-state index contributed by atoms with van der Waals surface area (Å²) < 4.78 is 1.62. The largest absolute Gasteiger partial charge is 0.481 e. The summed E-state index contributed by atoms with van der Waals surface area (Å²) in [6.07, 6.45) is 1.51. The Morgan fingerprint density at radius 2 is 2.10 bits per heavy atom. The average Bonchev–Trinajstić information content (AvgIpc) is 2.79. The Labute approximate surface area is 122 Å². The van der Waals surface area contributed by atoms with Crippen LogP contribution >= 0.6 is 0 Å². The van der Waals surface area contributed by atoms with Crippen LogP contribution in [0.25, 0.3) is 5.65 Å². The number of hydrogen-bond donors (Lipinski definition) is 1. The first-order chi connectivity index (χ1) is 9.81. The van der Waals surface area contributed by atoms with Crippen LogP contribution in [0.2, 0.25) is 0 Å². The van der Waals surface area contributed by atoms with E-state index in [2.05, 4.69) is 10.1 Å². The van der Waals surface area contributed by atoms with Crippen molar-refractivity contribution in [2.75, 3.05) is 13.6 Å². The number of aromatic nitrogens is 3. The smallest absolute Gasteiger partial charge is 0.308 e. The van der Waals surface area contributed by atoms with Gasteiger partial charge in [-0.05, 0) is 13.8 Å². The first-order valence-electron chi connectivity index (χ1n) is 6.61. The Morgan fingerprint density at radius 3 is 2.71 bits per heavy atom. The van der Waals surface area contributed by atoms with E-state index in [-0.39, 0.29) is 12.5 Å². The molecule has 112 valence electrons. The van der Waals surface area contributed by atoms with Crippen molar-refractivity contribution in [1.82, 2.24) is 19.5 Å². The number of rotatable bonds is 4. The van der Waals surface area contributed by atoms with Gasteiger partial charge in [-0.15, -0.1) is 0 Å². The topological polar surface area (TPSA) is 87.8 Å². The maximum atomic E-state index is 12.4. The standard InChI is InChI=1S/C14H18N4O3/c1-8(14(20)21)7-17(4)13(19)11-6-15-12-5-9(2)16-18(12)10(11)3/h5-6,8H,7H2,1-4H3,(H,20,21). The molecule has 0 fully saturated rings. The van der Waals surface area contributed by atoms with E-state index in [0.29, 0.717) is 16.9 Å². The monoisotopic (exact) mass is 290 g/mol. The van der Waals surface area contributed by atoms with Crippen molar-refractivity contribution in [1.29, 1.82) is 0 Å². The van der Waals surface area contributed by atoms with Crippen LogP contribution in [-0.2, 0) is 4.79 Å². The maximum Gasteiger partial charge on any atom is 0.308 e. The van der Waals surface area contributed by atoms with Gasteiger partial charge in [-0.3, -0.25) is 9.59 Å². The molecule has 0 aromatic carbocycles. The summed E-state index contributed by atoms with van der Waals surface area (Å²) in [5, 5.41) is 13.2. The van der Waals surface area contributed by atoms with Crippen LogP contribution in [0.15, 0.2) is 12.3 Å². The molecule has 0 saturated heterocycles. The van der Waals surface area contributed by atoms with Gasteiger partial charge in [0.15, 0.2) is 5.65 Å². The number of carboxylic acids is 1. The fourth-order valence-corrected chi connectivity index (χ4v) is 2.15. The molecule has 1 unspecified atom stereocenters. The molecule has 0 aliphatic carbocycles. The lowest BCUT2D eigenvalue weighted by atomic mass is 10.1. The second kappa shape index (κ2) is 5.51. The lowest BCUT2D eigenvalue weighted by molar-refractivity contribution is -0.141. The predicted octanol–water partition coefficient (Wildman–Crippen LogP) is 1.14. The third-order valence-electron chi connectivity index (χ3n) is 3.39. The molecule has 2 aromatic heterocycles. The fraction of sp³-hybridized carbons (Fsp3) is 0.429. The Hall–Kier alpha value is -2.44. The van der Waals surface area contributed by atoms with Gasteiger partial charge in [-0.1, -0.05) is 6.92 Å². The van der Waals surface area contributed by atoms with Crippen LogP contribution in [0.3, 0.4) is 0 Å². The summed E-state index contributed by atoms with van der Waals surface area (Å²) >= 11 is 0. The number of aliphatic carboxylic acids is 1. The molecule has 0 aliphatic heterocycles. The molecule has 2 aromatic rings. The van der Waals surface area contributed by atoms with Crippen molar-refractivity contribution in [2.45, 2.75) is 20.8 Å². The van der Waals surface area contributed by atoms with Crippen molar-refractivity contribution in [3.63, 3.8) is 0 Å². The molecule has 0 bridgehead atoms. The van der Waals surface area contributed by atoms with Gasteiger partial charge in [-0.2, -0.15) is 5.10 Å². The third-order valence-corrected chi connectivity index (χ3v) is 3.39. The molecule has 1 atom stereocenters. The zero-order chi connectivity index (χ0) is 15.7. The third kappa shape index (κ3) is 2.86. The van der Waals surface area contributed by atoms with E-state index in [9.17, 15) is 9.59 Å². The zero-order valence-electron chi connectivity index (χ0n) is 12.5. The molecule has 7 nitrogen and oxygen atoms in total. The molecule has 2 heterocycles. The van der Waals surface area contributed by atoms with Crippen LogP contribution in [0.4, 0.5) is 0 Å². The minimum Gasteiger partial charge on any atom is -0.481 e. The Kier molecular flexibility index (Phi) is 3.93. The van der Waals surface area contributed by atoms with E-state index in [0.717, 1.165) is 5.69 Å². The molecule has 1 N–H and O–H groups in total. The molecule has 21 heavy (non-hydrogen) atoms. The summed E-state index contributed by atoms with van der Waals surface area (Å²) in [7, 11) is 1.58. The van der Waals surface area contributed by atoms with Crippen molar-refractivity contribution in [3.05, 3.63) is 29.2 Å². The highest BCUT2D eigenvalue weighted by Gasteiger charge is 2.21. The highest BCUT2D eigenvalue weighted by molar-refractivity contribution is 5.95. The van der Waals surface area contributed by atoms with Gasteiger partial charge in [-0.25, -0.2) is 9.50 Å². The number of carboxylic acid groups (broad SMARTS) is 1. The van der Waals surface area contributed by atoms with Crippen molar-refractivity contribution in [3.8, 4) is 0 Å². The minimum atomic E-state index is -0.928. The number of nitrogens with zero attached hydrogens (tertiary/aromatic N) is 4. The summed E-state index contributed by atoms with van der Waals surface area (Å²) in [6, 6.07) is 1.83. The number of fused-ring (bicyclic) bond motifs is 1. The van der Waals surface area contributed by atoms with Crippen LogP contribution < -0.4 is 0 Å². The van der Waals surface area contributed by atoms with Gasteiger partial charge < -0.3 is 10.0 Å². The van der Waals surface area contributed by atoms with E-state index in [1.807, 2.05) is 13.0 Å². The molecule has 0 saturated carbocycles. The normalized spacial score (nSPS) is 12.4. The van der Waals surface area contributed by atoms with E-state index < -0.39 is 11.9 Å². The molecule has 1 amide bonds. The van der Waals surface area contributed by atoms with Gasteiger partial charge in [0.1, 0.15) is 0 Å². The van der Waals surface area contributed by atoms with Gasteiger partial charge in [0.25, 0.3) is 5.91 Å². The first-order valence-corrected chi connectivity index (χ1v) is 6.61. The van der Waals surface area contributed by atoms with Gasteiger partial charge in [0.05, 0.1) is 22.9 Å². The predicted molar refractivity (Wildman–Crippen MR) is 76.2 cm³/mol. The van der Waals surface area contributed by atoms with Crippen LogP contribution in [0.5, 0.6) is 0 Å². The molecule has 0 spiro atoms. The van der Waals surface area contributed by atoms with E-state index in [1.165, 1.54) is 11.1 Å². The van der Waals surface area contributed by atoms with Crippen LogP contribution in [0.1, 0.15) is 28.7 Å². The Bertz CT molecular complexity index is 708. The molecule has 7 heteroatoms. The minimum absolute atomic E-state index is 0.143. The van der Waals surface area contributed by atoms with E-state index in [1.54, 1.807) is 25.4 Å². The van der Waals surface area contributed by atoms with Gasteiger partial charge in [0.2, 0.25) is 0 Å². The fourth-order valence-electron chi connectivity index (χ4n) is 2.15. The summed E-state index contributed by atoms with van der Waals surface area (Å²) in [5.74, 6) is -1.81. The molecule has 2 rings (SSSR count). The molecule has 0 aliphatic rings. The highest BCUT2D eigenvalue weighted by Crippen LogP contribution is 2.13. The lowest BCUT2D eigenvalue weighted by Gasteiger charge is -2.20. The number of amides is 1. The molecule has 0 radical (unpaired) electrons. The van der Waals surface area contributed by atoms with Crippen molar-refractivity contribution in [2.24, 2.45) is 5.92 Å². The van der Waals surface area contributed by atoms with Crippen LogP contribution in [0, 0.1) is 19.8 Å². The Balaban J connectivity index is 2.30. The number of carbonyl (C=O) groups is 2. The quantitative estimate of drug-likeness (QED) is 0.912. The van der Waals surface area contributed by atoms with Crippen molar-refractivity contribution >= 4 is 17.5 Å². The second-order valence-electron chi connectivity index (χ2n) is 5.24. The maximum absolute atomic E-state index is 12.4. The van der Waals surface area contributed by atoms with E-state index >= 15 is 0 Å². The molecular formula is C14H18N4O3. The zero-order valence-corrected chi connectivity index (χ0v) is 12.5. The number of aryl methyl sites for hydroxylation is 2. The number of carbonyl (C=O) groups excluding carboxylic acids is 1. The highest BCUT2D eigenvalue weighted by atomic mass is 16.4. The second-order valence-corrected chi connectivity index (χ2v) is 5.24. The SMILES string of the molecule is Cc1cc2ncc(C(=O)N(C)CC(C)C(=O)O)c(C)n2n1. The molecular weight excluding hydrogens is 272 g/mol. The van der Waals surface area contributed by atoms with E-state index in [4.69, 9.17) is 5.11 Å². The van der Waals surface area contributed by atoms with Crippen LogP contribution in [-0.4, -0.2) is 50.1 Å². The van der Waals surface area contributed by atoms with Crippen molar-refractivity contribution < 1.29 is 14.7 Å². The summed E-state index contributed by atoms with van der Waals surface area (Å²) in [5.41, 5.74) is 2.62. The number of hydrogen-bond acceptors (Lipinski definition) is 4. The first kappa shape index (κ1) is 15.0. The lowest BCUT2D eigenvalue weighted by Crippen LogP contribution is -2.34. The van der Waals surface area contributed by atoms with Gasteiger partial charge >= 0.3 is 5.97 Å². The summed E-state index contributed by atoms with van der Waals surface area (Å²) in [6.45, 7) is 5.36. The van der Waals surface area contributed by atoms with Gasteiger partial charge in [0, 0.05) is 25.9 Å². The Morgan fingerprint density at radius 1 is 1.43 bits per heavy atom. The average molecular weight is 290 g/mol. The summed E-state index contributed by atoms with van der Waals surface area (Å²) in [4.78, 5) is 28.9.